The highest BCUT2D eigenvalue weighted by Crippen LogP contribution is 2.36. The highest BCUT2D eigenvalue weighted by molar-refractivity contribution is 5.72. The SMILES string of the molecule is CCC1OC(N2CNc3c(C)ncnc32)C(O)C1O. The second-order valence-corrected chi connectivity index (χ2v) is 4.92. The lowest BCUT2D eigenvalue weighted by molar-refractivity contribution is 0.00625. The molecule has 7 heteroatoms. The average molecular weight is 266 g/mol. The minimum absolute atomic E-state index is 0.341. The Morgan fingerprint density at radius 2 is 2.21 bits per heavy atom. The largest absolute Gasteiger partial charge is 0.388 e. The van der Waals surface area contributed by atoms with Crippen molar-refractivity contribution in [2.45, 2.75) is 44.8 Å². The average Bonchev–Trinajstić information content (AvgIpc) is 2.94. The van der Waals surface area contributed by atoms with Crippen LogP contribution in [0.4, 0.5) is 11.5 Å². The Kier molecular flexibility index (Phi) is 3.04. The van der Waals surface area contributed by atoms with Crippen molar-refractivity contribution in [2.75, 3.05) is 16.9 Å². The van der Waals surface area contributed by atoms with Crippen LogP contribution in [0.3, 0.4) is 0 Å². The summed E-state index contributed by atoms with van der Waals surface area (Å²) in [5.74, 6) is 0.709. The fourth-order valence-electron chi connectivity index (χ4n) is 2.66. The number of nitrogens with one attached hydrogen (secondary N) is 1. The van der Waals surface area contributed by atoms with Crippen LogP contribution >= 0.6 is 0 Å². The molecule has 4 atom stereocenters. The van der Waals surface area contributed by atoms with Crippen molar-refractivity contribution in [2.24, 2.45) is 0 Å². The predicted molar refractivity (Wildman–Crippen MR) is 68.7 cm³/mol. The zero-order valence-electron chi connectivity index (χ0n) is 10.9. The molecule has 2 aliphatic heterocycles. The molecule has 0 spiro atoms. The van der Waals surface area contributed by atoms with Crippen LogP contribution in [0.2, 0.25) is 0 Å². The summed E-state index contributed by atoms with van der Waals surface area (Å²) in [7, 11) is 0. The third-order valence-corrected chi connectivity index (χ3v) is 3.76. The van der Waals surface area contributed by atoms with E-state index in [4.69, 9.17) is 4.74 Å². The first-order valence-electron chi connectivity index (χ1n) is 6.47. The van der Waals surface area contributed by atoms with E-state index in [1.807, 2.05) is 18.7 Å². The molecular formula is C12H18N4O3. The Morgan fingerprint density at radius 3 is 2.89 bits per heavy atom. The van der Waals surface area contributed by atoms with E-state index in [-0.39, 0.29) is 6.10 Å². The van der Waals surface area contributed by atoms with Crippen molar-refractivity contribution in [3.8, 4) is 0 Å². The lowest BCUT2D eigenvalue weighted by atomic mass is 10.1. The van der Waals surface area contributed by atoms with Crippen LogP contribution in [0.5, 0.6) is 0 Å². The molecule has 0 aliphatic carbocycles. The van der Waals surface area contributed by atoms with Crippen molar-refractivity contribution in [3.63, 3.8) is 0 Å². The fourth-order valence-corrected chi connectivity index (χ4v) is 2.66. The first-order valence-corrected chi connectivity index (χ1v) is 6.47. The minimum atomic E-state index is -0.937. The monoisotopic (exact) mass is 266 g/mol. The van der Waals surface area contributed by atoms with Crippen molar-refractivity contribution in [3.05, 3.63) is 12.0 Å². The standard InChI is InChI=1S/C12H18N4O3/c1-3-7-9(17)10(18)12(19-7)16-5-15-8-6(2)13-4-14-11(8)16/h4,7,9-10,12,15,17-18H,3,5H2,1-2H3. The fraction of sp³-hybridized carbons (Fsp3) is 0.667. The van der Waals surface area contributed by atoms with Crippen LogP contribution in [-0.2, 0) is 4.74 Å². The van der Waals surface area contributed by atoms with E-state index in [1.54, 1.807) is 0 Å². The highest BCUT2D eigenvalue weighted by atomic mass is 16.6. The summed E-state index contributed by atoms with van der Waals surface area (Å²) >= 11 is 0. The molecule has 1 saturated heterocycles. The summed E-state index contributed by atoms with van der Waals surface area (Å²) in [5, 5.41) is 23.3. The van der Waals surface area contributed by atoms with Gasteiger partial charge < -0.3 is 25.2 Å². The molecule has 0 saturated carbocycles. The van der Waals surface area contributed by atoms with Gasteiger partial charge in [0.2, 0.25) is 0 Å². The molecule has 7 nitrogen and oxygen atoms in total. The van der Waals surface area contributed by atoms with Crippen molar-refractivity contribution in [1.82, 2.24) is 9.97 Å². The van der Waals surface area contributed by atoms with Crippen molar-refractivity contribution in [1.29, 1.82) is 0 Å². The molecule has 4 unspecified atom stereocenters. The van der Waals surface area contributed by atoms with Crippen LogP contribution in [0.15, 0.2) is 6.33 Å². The zero-order valence-corrected chi connectivity index (χ0v) is 10.9. The van der Waals surface area contributed by atoms with Crippen LogP contribution in [0.25, 0.3) is 0 Å². The van der Waals surface area contributed by atoms with E-state index in [1.165, 1.54) is 6.33 Å². The van der Waals surface area contributed by atoms with Gasteiger partial charge >= 0.3 is 0 Å². The third-order valence-electron chi connectivity index (χ3n) is 3.76. The van der Waals surface area contributed by atoms with Gasteiger partial charge in [-0.1, -0.05) is 6.92 Å². The van der Waals surface area contributed by atoms with Crippen molar-refractivity contribution < 1.29 is 14.9 Å². The number of hydrogen-bond donors (Lipinski definition) is 3. The molecule has 0 radical (unpaired) electrons. The summed E-state index contributed by atoms with van der Waals surface area (Å²) in [5.41, 5.74) is 1.71. The maximum atomic E-state index is 10.1. The number of anilines is 2. The van der Waals surface area contributed by atoms with Gasteiger partial charge in [0, 0.05) is 0 Å². The minimum Gasteiger partial charge on any atom is -0.388 e. The van der Waals surface area contributed by atoms with Gasteiger partial charge in [-0.3, -0.25) is 0 Å². The number of aryl methyl sites for hydroxylation is 1. The van der Waals surface area contributed by atoms with Gasteiger partial charge in [-0.15, -0.1) is 0 Å². The van der Waals surface area contributed by atoms with Gasteiger partial charge in [0.05, 0.1) is 18.5 Å². The molecule has 104 valence electrons. The molecular weight excluding hydrogens is 248 g/mol. The van der Waals surface area contributed by atoms with Gasteiger partial charge in [0.15, 0.2) is 12.0 Å². The topological polar surface area (TPSA) is 90.7 Å². The zero-order chi connectivity index (χ0) is 13.6. The smallest absolute Gasteiger partial charge is 0.162 e. The first-order chi connectivity index (χ1) is 9.13. The predicted octanol–water partition coefficient (Wildman–Crippen LogP) is -0.169. The number of hydrogen-bond acceptors (Lipinski definition) is 7. The third kappa shape index (κ3) is 1.85. The van der Waals surface area contributed by atoms with Gasteiger partial charge in [-0.25, -0.2) is 9.97 Å². The van der Waals surface area contributed by atoms with E-state index < -0.39 is 18.4 Å². The van der Waals surface area contributed by atoms with Crippen LogP contribution in [-0.4, -0.2) is 51.4 Å². The van der Waals surface area contributed by atoms with Gasteiger partial charge in [-0.2, -0.15) is 0 Å². The van der Waals surface area contributed by atoms with Crippen molar-refractivity contribution >= 4 is 11.5 Å². The molecule has 3 heterocycles. The van der Waals surface area contributed by atoms with E-state index in [0.29, 0.717) is 18.9 Å². The van der Waals surface area contributed by atoms with E-state index in [0.717, 1.165) is 11.4 Å². The van der Waals surface area contributed by atoms with Crippen LogP contribution in [0, 0.1) is 6.92 Å². The van der Waals surface area contributed by atoms with E-state index >= 15 is 0 Å². The van der Waals surface area contributed by atoms with E-state index in [2.05, 4.69) is 15.3 Å². The number of nitrogens with zero attached hydrogens (tertiary/aromatic N) is 3. The summed E-state index contributed by atoms with van der Waals surface area (Å²) in [6.07, 6.45) is -0.570. The van der Waals surface area contributed by atoms with Gasteiger partial charge in [0.1, 0.15) is 24.2 Å². The molecule has 1 aromatic heterocycles. The quantitative estimate of drug-likeness (QED) is 0.684. The molecule has 0 aromatic carbocycles. The summed E-state index contributed by atoms with van der Waals surface area (Å²) < 4.78 is 5.74. The molecule has 1 aromatic rings. The molecule has 19 heavy (non-hydrogen) atoms. The van der Waals surface area contributed by atoms with Gasteiger partial charge in [-0.05, 0) is 13.3 Å². The summed E-state index contributed by atoms with van der Waals surface area (Å²) in [6, 6.07) is 0. The molecule has 3 N–H and O–H groups in total. The Hall–Kier alpha value is -1.44. The summed E-state index contributed by atoms with van der Waals surface area (Å²) in [4.78, 5) is 10.2. The number of aliphatic hydroxyl groups excluding tert-OH is 2. The Bertz CT molecular complexity index is 484. The molecule has 2 aliphatic rings. The number of ether oxygens (including phenoxy) is 1. The maximum Gasteiger partial charge on any atom is 0.162 e. The maximum absolute atomic E-state index is 10.1. The van der Waals surface area contributed by atoms with E-state index in [9.17, 15) is 10.2 Å². The Morgan fingerprint density at radius 1 is 1.42 bits per heavy atom. The normalized spacial score (nSPS) is 33.4. The second kappa shape index (κ2) is 4.59. The molecule has 0 amide bonds. The summed E-state index contributed by atoms with van der Waals surface area (Å²) in [6.45, 7) is 4.30. The Balaban J connectivity index is 1.88. The van der Waals surface area contributed by atoms with Crippen LogP contribution < -0.4 is 10.2 Å². The molecule has 0 bridgehead atoms. The lowest BCUT2D eigenvalue weighted by Crippen LogP contribution is -2.44. The first kappa shape index (κ1) is 12.6. The lowest BCUT2D eigenvalue weighted by Gasteiger charge is -2.26. The number of rotatable bonds is 2. The molecule has 3 rings (SSSR count). The highest BCUT2D eigenvalue weighted by Gasteiger charge is 2.46. The van der Waals surface area contributed by atoms with Gasteiger partial charge in [0.25, 0.3) is 0 Å². The number of fused-ring (bicyclic) bond motifs is 1. The second-order valence-electron chi connectivity index (χ2n) is 4.92. The molecule has 1 fully saturated rings. The van der Waals surface area contributed by atoms with Crippen LogP contribution in [0.1, 0.15) is 19.0 Å². The number of aromatic nitrogens is 2. The number of aliphatic hydroxyl groups is 2. The Labute approximate surface area is 111 Å².